The molecule has 2 heterocycles. The molecule has 0 unspecified atom stereocenters. The monoisotopic (exact) mass is 353 g/mol. The van der Waals surface area contributed by atoms with Crippen LogP contribution in [0.3, 0.4) is 0 Å². The average Bonchev–Trinajstić information content (AvgIpc) is 3.04. The van der Waals surface area contributed by atoms with Crippen LogP contribution in [0.1, 0.15) is 23.5 Å². The van der Waals surface area contributed by atoms with Crippen LogP contribution in [-0.4, -0.2) is 25.1 Å². The van der Waals surface area contributed by atoms with Gasteiger partial charge in [0.25, 0.3) is 5.56 Å². The van der Waals surface area contributed by atoms with Gasteiger partial charge in [0, 0.05) is 25.7 Å². The van der Waals surface area contributed by atoms with Crippen molar-refractivity contribution in [1.82, 2.24) is 19.1 Å². The lowest BCUT2D eigenvalue weighted by atomic mass is 10.3. The van der Waals surface area contributed by atoms with Crippen LogP contribution in [0.25, 0.3) is 5.69 Å². The van der Waals surface area contributed by atoms with Gasteiger partial charge in [-0.15, -0.1) is 0 Å². The number of hydrogen-bond acceptors (Lipinski definition) is 3. The summed E-state index contributed by atoms with van der Waals surface area (Å²) in [5.74, 6) is -0.205. The van der Waals surface area contributed by atoms with E-state index >= 15 is 0 Å². The molecule has 0 aliphatic heterocycles. The Hall–Kier alpha value is -3.09. The number of aryl methyl sites for hydroxylation is 3. The maximum absolute atomic E-state index is 12.8. The van der Waals surface area contributed by atoms with Gasteiger partial charge in [-0.25, -0.2) is 4.68 Å². The zero-order valence-electron chi connectivity index (χ0n) is 15.5. The molecule has 0 saturated heterocycles. The number of nitrogens with zero attached hydrogens (tertiary/aromatic N) is 4. The van der Waals surface area contributed by atoms with Crippen molar-refractivity contribution in [2.24, 2.45) is 7.05 Å². The molecular weight excluding hydrogens is 330 g/mol. The molecule has 136 valence electrons. The normalized spacial score (nSPS) is 10.9. The highest BCUT2D eigenvalue weighted by molar-refractivity contribution is 5.91. The highest BCUT2D eigenvalue weighted by Gasteiger charge is 2.18. The first kappa shape index (κ1) is 17.7. The van der Waals surface area contributed by atoms with Gasteiger partial charge in [0.15, 0.2) is 0 Å². The molecule has 3 aromatic rings. The van der Waals surface area contributed by atoms with E-state index in [2.05, 4.69) is 10.4 Å². The first-order chi connectivity index (χ1) is 12.4. The molecular formula is C19H23N5O2. The van der Waals surface area contributed by atoms with E-state index in [1.807, 2.05) is 57.2 Å². The molecule has 0 fully saturated rings. The fourth-order valence-corrected chi connectivity index (χ4v) is 3.02. The molecule has 0 spiro atoms. The van der Waals surface area contributed by atoms with Gasteiger partial charge in [0.1, 0.15) is 5.69 Å². The molecule has 0 aliphatic rings. The predicted molar refractivity (Wildman–Crippen MR) is 101 cm³/mol. The lowest BCUT2D eigenvalue weighted by Gasteiger charge is -2.07. The number of rotatable bonds is 5. The summed E-state index contributed by atoms with van der Waals surface area (Å²) in [4.78, 5) is 25.1. The number of anilines is 1. The smallest absolute Gasteiger partial charge is 0.295 e. The highest BCUT2D eigenvalue weighted by Crippen LogP contribution is 2.14. The number of carbonyl (C=O) groups is 1. The van der Waals surface area contributed by atoms with E-state index in [1.165, 1.54) is 0 Å². The number of amides is 1. The van der Waals surface area contributed by atoms with E-state index in [-0.39, 0.29) is 17.9 Å². The van der Waals surface area contributed by atoms with Gasteiger partial charge < -0.3 is 5.32 Å². The van der Waals surface area contributed by atoms with Gasteiger partial charge in [-0.1, -0.05) is 18.2 Å². The SMILES string of the molecule is Cc1cc(C)n(CCC(=O)Nc2c(C)n(C)n(-c3ccccc3)c2=O)n1. The summed E-state index contributed by atoms with van der Waals surface area (Å²) in [6, 6.07) is 11.3. The second kappa shape index (κ2) is 7.03. The van der Waals surface area contributed by atoms with E-state index in [9.17, 15) is 9.59 Å². The van der Waals surface area contributed by atoms with Crippen LogP contribution in [0.5, 0.6) is 0 Å². The fraction of sp³-hybridized carbons (Fsp3) is 0.316. The Morgan fingerprint density at radius 2 is 1.85 bits per heavy atom. The fourth-order valence-electron chi connectivity index (χ4n) is 3.02. The maximum Gasteiger partial charge on any atom is 0.295 e. The van der Waals surface area contributed by atoms with Crippen molar-refractivity contribution in [2.75, 3.05) is 5.32 Å². The Bertz CT molecular complexity index is 995. The summed E-state index contributed by atoms with van der Waals surface area (Å²) in [5.41, 5.74) is 3.47. The van der Waals surface area contributed by atoms with Crippen LogP contribution >= 0.6 is 0 Å². The predicted octanol–water partition coefficient (Wildman–Crippen LogP) is 2.33. The van der Waals surface area contributed by atoms with E-state index < -0.39 is 0 Å². The second-order valence-corrected chi connectivity index (χ2v) is 6.38. The quantitative estimate of drug-likeness (QED) is 0.765. The minimum absolute atomic E-state index is 0.205. The number of carbonyl (C=O) groups excluding carboxylic acids is 1. The van der Waals surface area contributed by atoms with Crippen molar-refractivity contribution in [1.29, 1.82) is 0 Å². The molecule has 0 aliphatic carbocycles. The molecule has 26 heavy (non-hydrogen) atoms. The number of aromatic nitrogens is 4. The van der Waals surface area contributed by atoms with E-state index in [0.717, 1.165) is 17.1 Å². The summed E-state index contributed by atoms with van der Waals surface area (Å²) < 4.78 is 5.09. The summed E-state index contributed by atoms with van der Waals surface area (Å²) in [6.45, 7) is 6.17. The minimum atomic E-state index is -0.240. The Morgan fingerprint density at radius 3 is 2.46 bits per heavy atom. The summed E-state index contributed by atoms with van der Waals surface area (Å²) in [6.07, 6.45) is 0.251. The van der Waals surface area contributed by atoms with E-state index in [0.29, 0.717) is 17.9 Å². The van der Waals surface area contributed by atoms with E-state index in [4.69, 9.17) is 0 Å². The third kappa shape index (κ3) is 3.33. The number of nitrogens with one attached hydrogen (secondary N) is 1. The standard InChI is InChI=1S/C19H23N5O2/c1-13-12-14(2)23(21-13)11-10-17(25)20-18-15(3)22(4)24(19(18)26)16-8-6-5-7-9-16/h5-9,12H,10-11H2,1-4H3,(H,20,25). The van der Waals surface area contributed by atoms with Gasteiger partial charge in [0.2, 0.25) is 5.91 Å². The summed E-state index contributed by atoms with van der Waals surface area (Å²) >= 11 is 0. The molecule has 1 amide bonds. The highest BCUT2D eigenvalue weighted by atomic mass is 16.2. The van der Waals surface area contributed by atoms with Gasteiger partial charge in [-0.2, -0.15) is 5.10 Å². The molecule has 0 saturated carbocycles. The Kier molecular flexibility index (Phi) is 4.79. The maximum atomic E-state index is 12.8. The summed E-state index contributed by atoms with van der Waals surface area (Å²) in [7, 11) is 1.80. The minimum Gasteiger partial charge on any atom is -0.320 e. The molecule has 7 heteroatoms. The van der Waals surface area contributed by atoms with Crippen molar-refractivity contribution in [3.63, 3.8) is 0 Å². The molecule has 3 rings (SSSR count). The zero-order chi connectivity index (χ0) is 18.8. The largest absolute Gasteiger partial charge is 0.320 e. The second-order valence-electron chi connectivity index (χ2n) is 6.38. The third-order valence-corrected chi connectivity index (χ3v) is 4.47. The molecule has 0 bridgehead atoms. The number of para-hydroxylation sites is 1. The van der Waals surface area contributed by atoms with Crippen molar-refractivity contribution in [2.45, 2.75) is 33.7 Å². The van der Waals surface area contributed by atoms with Gasteiger partial charge in [0.05, 0.1) is 17.1 Å². The Labute approximate surface area is 151 Å². The topological polar surface area (TPSA) is 73.8 Å². The zero-order valence-corrected chi connectivity index (χ0v) is 15.5. The van der Waals surface area contributed by atoms with Crippen LogP contribution in [0.15, 0.2) is 41.2 Å². The van der Waals surface area contributed by atoms with Gasteiger partial charge >= 0.3 is 0 Å². The molecule has 7 nitrogen and oxygen atoms in total. The molecule has 0 radical (unpaired) electrons. The Balaban J connectivity index is 1.79. The first-order valence-corrected chi connectivity index (χ1v) is 8.53. The van der Waals surface area contributed by atoms with Crippen LogP contribution in [0, 0.1) is 20.8 Å². The summed E-state index contributed by atoms with van der Waals surface area (Å²) in [5, 5.41) is 7.12. The van der Waals surface area contributed by atoms with Crippen molar-refractivity contribution in [3.8, 4) is 5.69 Å². The van der Waals surface area contributed by atoms with Gasteiger partial charge in [-0.05, 0) is 39.0 Å². The van der Waals surface area contributed by atoms with Crippen LogP contribution in [-0.2, 0) is 18.4 Å². The molecule has 2 aromatic heterocycles. The molecule has 1 aromatic carbocycles. The molecule has 0 atom stereocenters. The van der Waals surface area contributed by atoms with Crippen molar-refractivity contribution >= 4 is 11.6 Å². The average molecular weight is 353 g/mol. The van der Waals surface area contributed by atoms with Crippen LogP contribution < -0.4 is 10.9 Å². The van der Waals surface area contributed by atoms with Crippen LogP contribution in [0.4, 0.5) is 5.69 Å². The van der Waals surface area contributed by atoms with Crippen molar-refractivity contribution in [3.05, 3.63) is 63.8 Å². The lowest BCUT2D eigenvalue weighted by Crippen LogP contribution is -2.23. The van der Waals surface area contributed by atoms with E-state index in [1.54, 1.807) is 21.1 Å². The number of benzene rings is 1. The number of hydrogen-bond donors (Lipinski definition) is 1. The first-order valence-electron chi connectivity index (χ1n) is 8.53. The van der Waals surface area contributed by atoms with Crippen molar-refractivity contribution < 1.29 is 4.79 Å². The van der Waals surface area contributed by atoms with Crippen LogP contribution in [0.2, 0.25) is 0 Å². The lowest BCUT2D eigenvalue weighted by molar-refractivity contribution is -0.116. The Morgan fingerprint density at radius 1 is 1.15 bits per heavy atom. The van der Waals surface area contributed by atoms with Gasteiger partial charge in [-0.3, -0.25) is 19.0 Å². The third-order valence-electron chi connectivity index (χ3n) is 4.47. The molecule has 1 N–H and O–H groups in total.